The third kappa shape index (κ3) is 6.12. The topological polar surface area (TPSA) is 61.4 Å². The summed E-state index contributed by atoms with van der Waals surface area (Å²) in [7, 11) is 0. The van der Waals surface area contributed by atoms with Gasteiger partial charge in [-0.2, -0.15) is 0 Å². The van der Waals surface area contributed by atoms with Crippen LogP contribution >= 0.6 is 12.4 Å². The fourth-order valence-corrected chi connectivity index (χ4v) is 2.33. The molecule has 2 rings (SSSR count). The molecular weight excluding hydrogens is 338 g/mol. The Hall–Kier alpha value is -2.53. The van der Waals surface area contributed by atoms with Crippen LogP contribution in [0.5, 0.6) is 0 Å². The highest BCUT2D eigenvalue weighted by Gasteiger charge is 2.12. The Labute approximate surface area is 154 Å². The first-order valence-corrected chi connectivity index (χ1v) is 8.12. The zero-order valence-electron chi connectivity index (χ0n) is 14.5. The van der Waals surface area contributed by atoms with E-state index in [9.17, 15) is 9.59 Å². The average Bonchev–Trinajstić information content (AvgIpc) is 2.62. The lowest BCUT2D eigenvalue weighted by Gasteiger charge is -2.18. The van der Waals surface area contributed by atoms with Gasteiger partial charge < -0.3 is 15.5 Å². The van der Waals surface area contributed by atoms with Gasteiger partial charge in [-0.25, -0.2) is 0 Å². The van der Waals surface area contributed by atoms with Crippen molar-refractivity contribution >= 4 is 35.6 Å². The lowest BCUT2D eigenvalue weighted by Crippen LogP contribution is -2.30. The van der Waals surface area contributed by atoms with Crippen LogP contribution in [-0.4, -0.2) is 36.3 Å². The van der Waals surface area contributed by atoms with E-state index in [1.165, 1.54) is 0 Å². The number of nitrogens with zero attached hydrogens (tertiary/aromatic N) is 1. The minimum absolute atomic E-state index is 0. The number of rotatable bonds is 7. The van der Waals surface area contributed by atoms with Crippen molar-refractivity contribution in [2.75, 3.05) is 30.3 Å². The Kier molecular flexibility index (Phi) is 8.50. The summed E-state index contributed by atoms with van der Waals surface area (Å²) in [5.74, 6) is -0.134. The van der Waals surface area contributed by atoms with Gasteiger partial charge in [-0.1, -0.05) is 18.2 Å². The molecule has 2 aromatic carbocycles. The van der Waals surface area contributed by atoms with Gasteiger partial charge >= 0.3 is 0 Å². The maximum Gasteiger partial charge on any atom is 0.253 e. The molecule has 0 radical (unpaired) electrons. The highest BCUT2D eigenvalue weighted by atomic mass is 35.5. The van der Waals surface area contributed by atoms with Gasteiger partial charge in [0.25, 0.3) is 5.91 Å². The van der Waals surface area contributed by atoms with Crippen LogP contribution in [0.25, 0.3) is 0 Å². The number of hydrogen-bond acceptors (Lipinski definition) is 3. The quantitative estimate of drug-likeness (QED) is 0.791. The monoisotopic (exact) mass is 361 g/mol. The predicted molar refractivity (Wildman–Crippen MR) is 105 cm³/mol. The highest BCUT2D eigenvalue weighted by molar-refractivity contribution is 5.96. The first-order chi connectivity index (χ1) is 11.6. The standard InChI is InChI=1S/C19H23N3O2.ClH/c1-3-22(4-2)19(24)15-10-12-17(13-11-15)21-18(23)14-20-16-8-6-5-7-9-16;/h5-13,20H,3-4,14H2,1-2H3,(H,21,23);1H. The lowest BCUT2D eigenvalue weighted by atomic mass is 10.1. The van der Waals surface area contributed by atoms with Gasteiger partial charge in [0.2, 0.25) is 5.91 Å². The minimum atomic E-state index is -0.137. The summed E-state index contributed by atoms with van der Waals surface area (Å²) in [4.78, 5) is 25.9. The van der Waals surface area contributed by atoms with Gasteiger partial charge in [0.05, 0.1) is 6.54 Å². The Morgan fingerprint density at radius 3 is 2.04 bits per heavy atom. The van der Waals surface area contributed by atoms with E-state index in [-0.39, 0.29) is 30.8 Å². The number of nitrogens with one attached hydrogen (secondary N) is 2. The molecule has 6 heteroatoms. The fourth-order valence-electron chi connectivity index (χ4n) is 2.33. The normalized spacial score (nSPS) is 9.68. The van der Waals surface area contributed by atoms with Gasteiger partial charge in [0.1, 0.15) is 0 Å². The SMILES string of the molecule is CCN(CC)C(=O)c1ccc(NC(=O)CNc2ccccc2)cc1.Cl. The number of para-hydroxylation sites is 1. The molecular formula is C19H24ClN3O2. The van der Waals surface area contributed by atoms with Crippen LogP contribution in [-0.2, 0) is 4.79 Å². The molecule has 0 fully saturated rings. The molecule has 134 valence electrons. The molecule has 0 aromatic heterocycles. The molecule has 0 aliphatic rings. The van der Waals surface area contributed by atoms with E-state index in [4.69, 9.17) is 0 Å². The van der Waals surface area contributed by atoms with Crippen molar-refractivity contribution in [3.63, 3.8) is 0 Å². The summed E-state index contributed by atoms with van der Waals surface area (Å²) in [6.45, 7) is 5.45. The number of benzene rings is 2. The van der Waals surface area contributed by atoms with Gasteiger partial charge in [0.15, 0.2) is 0 Å². The molecule has 25 heavy (non-hydrogen) atoms. The van der Waals surface area contributed by atoms with Gasteiger partial charge in [-0.15, -0.1) is 12.4 Å². The largest absolute Gasteiger partial charge is 0.376 e. The van der Waals surface area contributed by atoms with Crippen molar-refractivity contribution in [1.82, 2.24) is 4.90 Å². The van der Waals surface area contributed by atoms with Gasteiger partial charge in [0, 0.05) is 30.0 Å². The summed E-state index contributed by atoms with van der Waals surface area (Å²) in [5.41, 5.74) is 2.19. The van der Waals surface area contributed by atoms with Crippen LogP contribution in [0, 0.1) is 0 Å². The third-order valence-electron chi connectivity index (χ3n) is 3.69. The maximum absolute atomic E-state index is 12.2. The second-order valence-corrected chi connectivity index (χ2v) is 5.32. The smallest absolute Gasteiger partial charge is 0.253 e. The second-order valence-electron chi connectivity index (χ2n) is 5.32. The van der Waals surface area contributed by atoms with Crippen molar-refractivity contribution < 1.29 is 9.59 Å². The van der Waals surface area contributed by atoms with E-state index in [0.29, 0.717) is 24.3 Å². The average molecular weight is 362 g/mol. The van der Waals surface area contributed by atoms with Crippen LogP contribution in [0.2, 0.25) is 0 Å². The van der Waals surface area contributed by atoms with Crippen LogP contribution in [0.1, 0.15) is 24.2 Å². The fraction of sp³-hybridized carbons (Fsp3) is 0.263. The zero-order valence-corrected chi connectivity index (χ0v) is 15.3. The number of amides is 2. The molecule has 2 N–H and O–H groups in total. The third-order valence-corrected chi connectivity index (χ3v) is 3.69. The van der Waals surface area contributed by atoms with Crippen molar-refractivity contribution in [1.29, 1.82) is 0 Å². The Balaban J connectivity index is 0.00000312. The number of carbonyl (C=O) groups is 2. The first-order valence-electron chi connectivity index (χ1n) is 8.12. The van der Waals surface area contributed by atoms with E-state index < -0.39 is 0 Å². The highest BCUT2D eigenvalue weighted by Crippen LogP contribution is 2.12. The molecule has 0 aliphatic heterocycles. The molecule has 0 unspecified atom stereocenters. The minimum Gasteiger partial charge on any atom is -0.376 e. The first kappa shape index (κ1) is 20.5. The summed E-state index contributed by atoms with van der Waals surface area (Å²) in [5, 5.41) is 5.86. The van der Waals surface area contributed by atoms with Crippen LogP contribution < -0.4 is 10.6 Å². The summed E-state index contributed by atoms with van der Waals surface area (Å²) in [6, 6.07) is 16.5. The molecule has 2 amide bonds. The van der Waals surface area contributed by atoms with Crippen LogP contribution in [0.4, 0.5) is 11.4 Å². The molecule has 2 aromatic rings. The summed E-state index contributed by atoms with van der Waals surface area (Å²) in [6.07, 6.45) is 0. The molecule has 0 spiro atoms. The van der Waals surface area contributed by atoms with E-state index in [1.807, 2.05) is 44.2 Å². The summed E-state index contributed by atoms with van der Waals surface area (Å²) < 4.78 is 0. The van der Waals surface area contributed by atoms with Crippen molar-refractivity contribution in [3.8, 4) is 0 Å². The molecule has 0 atom stereocenters. The molecule has 0 aliphatic carbocycles. The van der Waals surface area contributed by atoms with Crippen LogP contribution in [0.3, 0.4) is 0 Å². The number of carbonyl (C=O) groups excluding carboxylic acids is 2. The van der Waals surface area contributed by atoms with Crippen molar-refractivity contribution in [3.05, 3.63) is 60.2 Å². The number of hydrogen-bond donors (Lipinski definition) is 2. The maximum atomic E-state index is 12.2. The lowest BCUT2D eigenvalue weighted by molar-refractivity contribution is -0.114. The zero-order chi connectivity index (χ0) is 17.4. The van der Waals surface area contributed by atoms with E-state index in [1.54, 1.807) is 29.2 Å². The van der Waals surface area contributed by atoms with Gasteiger partial charge in [-0.3, -0.25) is 9.59 Å². The van der Waals surface area contributed by atoms with E-state index >= 15 is 0 Å². The van der Waals surface area contributed by atoms with E-state index in [0.717, 1.165) is 5.69 Å². The molecule has 0 saturated carbocycles. The second kappa shape index (κ2) is 10.4. The number of halogens is 1. The molecule has 0 saturated heterocycles. The van der Waals surface area contributed by atoms with Crippen molar-refractivity contribution in [2.24, 2.45) is 0 Å². The Morgan fingerprint density at radius 2 is 1.48 bits per heavy atom. The molecule has 5 nitrogen and oxygen atoms in total. The predicted octanol–water partition coefficient (Wildman–Crippen LogP) is 3.64. The van der Waals surface area contributed by atoms with Gasteiger partial charge in [-0.05, 0) is 50.2 Å². The molecule has 0 heterocycles. The molecule has 0 bridgehead atoms. The Bertz CT molecular complexity index is 671. The van der Waals surface area contributed by atoms with Crippen molar-refractivity contribution in [2.45, 2.75) is 13.8 Å². The van der Waals surface area contributed by atoms with Crippen LogP contribution in [0.15, 0.2) is 54.6 Å². The summed E-state index contributed by atoms with van der Waals surface area (Å²) >= 11 is 0. The number of anilines is 2. The van der Waals surface area contributed by atoms with E-state index in [2.05, 4.69) is 10.6 Å². The Morgan fingerprint density at radius 1 is 0.880 bits per heavy atom.